The minimum absolute atomic E-state index is 0.107. The van der Waals surface area contributed by atoms with Gasteiger partial charge in [-0.3, -0.25) is 9.59 Å². The topological polar surface area (TPSA) is 78.9 Å². The summed E-state index contributed by atoms with van der Waals surface area (Å²) in [6.45, 7) is 3.47. The van der Waals surface area contributed by atoms with Crippen molar-refractivity contribution in [3.63, 3.8) is 0 Å². The summed E-state index contributed by atoms with van der Waals surface area (Å²) in [6, 6.07) is 15.1. The Morgan fingerprint density at radius 2 is 1.96 bits per heavy atom. The number of likely N-dealkylation sites (tertiary alicyclic amines) is 1. The summed E-state index contributed by atoms with van der Waals surface area (Å²) >= 11 is 0. The molecule has 3 rings (SSSR count). The summed E-state index contributed by atoms with van der Waals surface area (Å²) in [5.41, 5.74) is 2.43. The van der Waals surface area contributed by atoms with Crippen LogP contribution in [0.3, 0.4) is 0 Å². The lowest BCUT2D eigenvalue weighted by molar-refractivity contribution is -0.142. The van der Waals surface area contributed by atoms with Crippen LogP contribution in [0.2, 0.25) is 0 Å². The number of hydrogen-bond acceptors (Lipinski definition) is 4. The smallest absolute Gasteiger partial charge is 0.313 e. The van der Waals surface area contributed by atoms with Crippen LogP contribution in [0.5, 0.6) is 5.75 Å². The third-order valence-electron chi connectivity index (χ3n) is 5.14. The summed E-state index contributed by atoms with van der Waals surface area (Å²) in [4.78, 5) is 26.4. The quantitative estimate of drug-likeness (QED) is 0.753. The lowest BCUT2D eigenvalue weighted by Gasteiger charge is -2.17. The van der Waals surface area contributed by atoms with Gasteiger partial charge in [0.25, 0.3) is 0 Å². The fourth-order valence-electron chi connectivity index (χ4n) is 3.41. The van der Waals surface area contributed by atoms with Crippen LogP contribution in [0.15, 0.2) is 48.5 Å². The van der Waals surface area contributed by atoms with Crippen molar-refractivity contribution >= 4 is 17.5 Å². The molecule has 1 fully saturated rings. The second-order valence-electron chi connectivity index (χ2n) is 7.06. The molecule has 2 aromatic carbocycles. The van der Waals surface area contributed by atoms with Crippen LogP contribution in [-0.2, 0) is 16.2 Å². The van der Waals surface area contributed by atoms with Crippen LogP contribution in [0.1, 0.15) is 24.0 Å². The van der Waals surface area contributed by atoms with Gasteiger partial charge >= 0.3 is 11.8 Å². The van der Waals surface area contributed by atoms with Crippen molar-refractivity contribution in [3.8, 4) is 5.75 Å². The zero-order valence-electron chi connectivity index (χ0n) is 16.1. The first kappa shape index (κ1) is 19.9. The Kier molecular flexibility index (Phi) is 6.66. The molecule has 6 nitrogen and oxygen atoms in total. The molecule has 0 aromatic heterocycles. The molecule has 0 aliphatic carbocycles. The highest BCUT2D eigenvalue weighted by Crippen LogP contribution is 2.22. The van der Waals surface area contributed by atoms with Crippen molar-refractivity contribution in [2.45, 2.75) is 26.4 Å². The Morgan fingerprint density at radius 3 is 2.71 bits per heavy atom. The number of ether oxygens (including phenoxy) is 1. The van der Waals surface area contributed by atoms with E-state index in [0.29, 0.717) is 31.8 Å². The van der Waals surface area contributed by atoms with Crippen LogP contribution in [0.4, 0.5) is 5.69 Å². The van der Waals surface area contributed by atoms with Crippen molar-refractivity contribution in [2.24, 2.45) is 5.92 Å². The number of aliphatic hydroxyl groups excluding tert-OH is 1. The van der Waals surface area contributed by atoms with Gasteiger partial charge in [0, 0.05) is 25.4 Å². The van der Waals surface area contributed by atoms with Crippen molar-refractivity contribution < 1.29 is 19.4 Å². The van der Waals surface area contributed by atoms with Crippen LogP contribution in [0, 0.1) is 12.8 Å². The summed E-state index contributed by atoms with van der Waals surface area (Å²) in [5.74, 6) is -0.111. The molecule has 1 heterocycles. The molecular formula is C22H26N2O4. The molecule has 1 saturated heterocycles. The zero-order chi connectivity index (χ0) is 19.9. The Labute approximate surface area is 165 Å². The number of rotatable bonds is 6. The highest BCUT2D eigenvalue weighted by Gasteiger charge is 2.29. The van der Waals surface area contributed by atoms with Gasteiger partial charge in [0.15, 0.2) is 0 Å². The summed E-state index contributed by atoms with van der Waals surface area (Å²) in [7, 11) is 0. The van der Waals surface area contributed by atoms with Crippen molar-refractivity contribution in [2.75, 3.05) is 25.0 Å². The van der Waals surface area contributed by atoms with Crippen LogP contribution in [-0.4, -0.2) is 41.5 Å². The van der Waals surface area contributed by atoms with Crippen LogP contribution in [0.25, 0.3) is 0 Å². The SMILES string of the molecule is Cc1c(COc2ccccc2)cccc1NC(=O)C(=O)N1CCC(CCO)C1. The summed E-state index contributed by atoms with van der Waals surface area (Å²) < 4.78 is 5.79. The van der Waals surface area contributed by atoms with Crippen LogP contribution < -0.4 is 10.1 Å². The fraction of sp³-hybridized carbons (Fsp3) is 0.364. The number of anilines is 1. The molecule has 2 aromatic rings. The lowest BCUT2D eigenvalue weighted by Crippen LogP contribution is -2.38. The van der Waals surface area contributed by atoms with Gasteiger partial charge in [-0.15, -0.1) is 0 Å². The average molecular weight is 382 g/mol. The number of para-hydroxylation sites is 1. The van der Waals surface area contributed by atoms with Crippen molar-refractivity contribution in [1.29, 1.82) is 0 Å². The minimum atomic E-state index is -0.631. The standard InChI is InChI=1S/C22H26N2O4/c1-16-18(15-28-19-7-3-2-4-8-19)6-5-9-20(16)23-21(26)22(27)24-12-10-17(14-24)11-13-25/h2-9,17,25H,10-15H2,1H3,(H,23,26). The molecular weight excluding hydrogens is 356 g/mol. The highest BCUT2D eigenvalue weighted by atomic mass is 16.5. The van der Waals surface area contributed by atoms with E-state index in [-0.39, 0.29) is 12.5 Å². The van der Waals surface area contributed by atoms with Gasteiger partial charge in [-0.1, -0.05) is 30.3 Å². The number of carbonyl (C=O) groups excluding carboxylic acids is 2. The number of hydrogen-bond donors (Lipinski definition) is 2. The van der Waals surface area contributed by atoms with Gasteiger partial charge < -0.3 is 20.1 Å². The first-order valence-corrected chi connectivity index (χ1v) is 9.56. The molecule has 28 heavy (non-hydrogen) atoms. The predicted octanol–water partition coefficient (Wildman–Crippen LogP) is 2.74. The number of nitrogens with one attached hydrogen (secondary N) is 1. The molecule has 148 valence electrons. The fourth-order valence-corrected chi connectivity index (χ4v) is 3.41. The monoisotopic (exact) mass is 382 g/mol. The number of carbonyl (C=O) groups is 2. The Hall–Kier alpha value is -2.86. The van der Waals surface area contributed by atoms with E-state index < -0.39 is 11.8 Å². The molecule has 1 atom stereocenters. The maximum absolute atomic E-state index is 12.4. The van der Waals surface area contributed by atoms with E-state index in [0.717, 1.165) is 23.3 Å². The van der Waals surface area contributed by atoms with Crippen molar-refractivity contribution in [3.05, 3.63) is 59.7 Å². The zero-order valence-corrected chi connectivity index (χ0v) is 16.1. The Morgan fingerprint density at radius 1 is 1.18 bits per heavy atom. The summed E-state index contributed by atoms with van der Waals surface area (Å²) in [5, 5.41) is 11.8. The van der Waals surface area contributed by atoms with E-state index in [2.05, 4.69) is 5.32 Å². The van der Waals surface area contributed by atoms with Crippen molar-refractivity contribution in [1.82, 2.24) is 4.90 Å². The van der Waals surface area contributed by atoms with E-state index in [1.165, 1.54) is 0 Å². The first-order valence-electron chi connectivity index (χ1n) is 9.56. The molecule has 0 saturated carbocycles. The normalized spacial score (nSPS) is 16.1. The second-order valence-corrected chi connectivity index (χ2v) is 7.06. The maximum atomic E-state index is 12.4. The van der Waals surface area contributed by atoms with E-state index in [1.807, 2.05) is 49.4 Å². The van der Waals surface area contributed by atoms with Gasteiger partial charge in [-0.25, -0.2) is 0 Å². The van der Waals surface area contributed by atoms with Crippen LogP contribution >= 0.6 is 0 Å². The molecule has 6 heteroatoms. The van der Waals surface area contributed by atoms with E-state index in [4.69, 9.17) is 9.84 Å². The molecule has 0 bridgehead atoms. The van der Waals surface area contributed by atoms with Gasteiger partial charge in [0.05, 0.1) is 0 Å². The Bertz CT molecular complexity index is 823. The van der Waals surface area contributed by atoms with E-state index in [1.54, 1.807) is 11.0 Å². The number of amides is 2. The van der Waals surface area contributed by atoms with Gasteiger partial charge in [0.2, 0.25) is 0 Å². The molecule has 1 unspecified atom stereocenters. The highest BCUT2D eigenvalue weighted by molar-refractivity contribution is 6.39. The lowest BCUT2D eigenvalue weighted by atomic mass is 10.1. The largest absolute Gasteiger partial charge is 0.489 e. The van der Waals surface area contributed by atoms with Gasteiger partial charge in [0.1, 0.15) is 12.4 Å². The molecule has 0 spiro atoms. The summed E-state index contributed by atoms with van der Waals surface area (Å²) in [6.07, 6.45) is 1.49. The van der Waals surface area contributed by atoms with Gasteiger partial charge in [-0.2, -0.15) is 0 Å². The number of nitrogens with zero attached hydrogens (tertiary/aromatic N) is 1. The maximum Gasteiger partial charge on any atom is 0.313 e. The molecule has 1 aliphatic rings. The third-order valence-corrected chi connectivity index (χ3v) is 5.14. The number of aliphatic hydroxyl groups is 1. The minimum Gasteiger partial charge on any atom is -0.489 e. The number of benzene rings is 2. The molecule has 1 aliphatic heterocycles. The molecule has 2 N–H and O–H groups in total. The third kappa shape index (κ3) is 4.89. The average Bonchev–Trinajstić information content (AvgIpc) is 3.17. The molecule has 2 amide bonds. The second kappa shape index (κ2) is 9.37. The van der Waals surface area contributed by atoms with E-state index >= 15 is 0 Å². The van der Waals surface area contributed by atoms with Gasteiger partial charge in [-0.05, 0) is 55.0 Å². The predicted molar refractivity (Wildman–Crippen MR) is 107 cm³/mol. The first-order chi connectivity index (χ1) is 13.6. The van der Waals surface area contributed by atoms with E-state index in [9.17, 15) is 9.59 Å². The molecule has 0 radical (unpaired) electrons. The Balaban J connectivity index is 1.61.